The first-order valence-corrected chi connectivity index (χ1v) is 7.52. The molecule has 0 unspecified atom stereocenters. The number of ether oxygens (including phenoxy) is 3. The Hall–Kier alpha value is -1.95. The third-order valence-electron chi connectivity index (χ3n) is 3.12. The number of methoxy groups -OCH3 is 3. The Bertz CT molecular complexity index is 626. The van der Waals surface area contributed by atoms with Crippen LogP contribution < -0.4 is 19.9 Å². The molecule has 21 heavy (non-hydrogen) atoms. The molecule has 2 aromatic rings. The van der Waals surface area contributed by atoms with Crippen LogP contribution in [0.25, 0.3) is 11.3 Å². The second-order valence-corrected chi connectivity index (χ2v) is 5.57. The van der Waals surface area contributed by atoms with E-state index in [2.05, 4.69) is 11.9 Å². The molecule has 2 N–H and O–H groups in total. The summed E-state index contributed by atoms with van der Waals surface area (Å²) >= 11 is 1.52. The lowest BCUT2D eigenvalue weighted by molar-refractivity contribution is 0.325. The van der Waals surface area contributed by atoms with Gasteiger partial charge in [0.25, 0.3) is 0 Å². The van der Waals surface area contributed by atoms with Crippen LogP contribution in [0.4, 0.5) is 5.00 Å². The number of hydrogen-bond donors (Lipinski definition) is 1. The van der Waals surface area contributed by atoms with Crippen LogP contribution in [0.1, 0.15) is 18.4 Å². The molecular formula is C15H20N2O3S. The van der Waals surface area contributed by atoms with Crippen LogP contribution in [0.5, 0.6) is 17.2 Å². The van der Waals surface area contributed by atoms with Crippen molar-refractivity contribution < 1.29 is 14.2 Å². The Labute approximate surface area is 128 Å². The highest BCUT2D eigenvalue weighted by Crippen LogP contribution is 2.46. The van der Waals surface area contributed by atoms with Gasteiger partial charge in [-0.1, -0.05) is 6.92 Å². The molecule has 0 aliphatic heterocycles. The van der Waals surface area contributed by atoms with Crippen molar-refractivity contribution in [2.24, 2.45) is 0 Å². The summed E-state index contributed by atoms with van der Waals surface area (Å²) in [5.41, 5.74) is 7.67. The van der Waals surface area contributed by atoms with Crippen molar-refractivity contribution in [1.29, 1.82) is 0 Å². The van der Waals surface area contributed by atoms with Gasteiger partial charge in [-0.15, -0.1) is 11.3 Å². The highest BCUT2D eigenvalue weighted by molar-refractivity contribution is 7.16. The van der Waals surface area contributed by atoms with E-state index in [-0.39, 0.29) is 0 Å². The molecule has 0 saturated carbocycles. The fourth-order valence-corrected chi connectivity index (χ4v) is 3.13. The third-order valence-corrected chi connectivity index (χ3v) is 4.07. The summed E-state index contributed by atoms with van der Waals surface area (Å²) in [5, 5.41) is 1.71. The van der Waals surface area contributed by atoms with Gasteiger partial charge in [0, 0.05) is 5.56 Å². The summed E-state index contributed by atoms with van der Waals surface area (Å²) in [6.45, 7) is 2.12. The lowest BCUT2D eigenvalue weighted by atomic mass is 10.1. The normalized spacial score (nSPS) is 10.5. The topological polar surface area (TPSA) is 66.6 Å². The third kappa shape index (κ3) is 2.90. The van der Waals surface area contributed by atoms with Crippen LogP contribution in [0, 0.1) is 0 Å². The molecule has 0 radical (unpaired) electrons. The molecule has 0 aliphatic carbocycles. The summed E-state index contributed by atoms with van der Waals surface area (Å²) in [6, 6.07) is 3.72. The first kappa shape index (κ1) is 15.4. The monoisotopic (exact) mass is 308 g/mol. The zero-order valence-corrected chi connectivity index (χ0v) is 13.5. The lowest BCUT2D eigenvalue weighted by Crippen LogP contribution is -1.98. The number of nitrogens with two attached hydrogens (primary N) is 1. The molecule has 0 saturated heterocycles. The Morgan fingerprint density at radius 3 is 2.38 bits per heavy atom. The van der Waals surface area contributed by atoms with Crippen molar-refractivity contribution in [2.75, 3.05) is 27.1 Å². The Kier molecular flexibility index (Phi) is 4.90. The second-order valence-electron chi connectivity index (χ2n) is 4.45. The number of benzene rings is 1. The van der Waals surface area contributed by atoms with Gasteiger partial charge in [-0.2, -0.15) is 0 Å². The first-order chi connectivity index (χ1) is 10.2. The van der Waals surface area contributed by atoms with E-state index in [1.165, 1.54) is 11.3 Å². The van der Waals surface area contributed by atoms with E-state index in [0.29, 0.717) is 22.2 Å². The van der Waals surface area contributed by atoms with Crippen molar-refractivity contribution >= 4 is 16.3 Å². The van der Waals surface area contributed by atoms with Crippen molar-refractivity contribution in [2.45, 2.75) is 19.8 Å². The molecule has 0 fully saturated rings. The van der Waals surface area contributed by atoms with Gasteiger partial charge < -0.3 is 19.9 Å². The lowest BCUT2D eigenvalue weighted by Gasteiger charge is -2.15. The molecule has 1 aromatic carbocycles. The summed E-state index contributed by atoms with van der Waals surface area (Å²) in [7, 11) is 4.76. The molecule has 114 valence electrons. The van der Waals surface area contributed by atoms with Gasteiger partial charge in [0.1, 0.15) is 10.7 Å². The fourth-order valence-electron chi connectivity index (χ4n) is 2.18. The number of nitrogens with zero attached hydrogens (tertiary/aromatic N) is 1. The molecule has 0 aliphatic rings. The zero-order valence-electron chi connectivity index (χ0n) is 12.7. The summed E-state index contributed by atoms with van der Waals surface area (Å²) in [5.74, 6) is 1.74. The van der Waals surface area contributed by atoms with Crippen LogP contribution in [0.3, 0.4) is 0 Å². The number of hydrogen-bond acceptors (Lipinski definition) is 6. The summed E-state index contributed by atoms with van der Waals surface area (Å²) in [6.07, 6.45) is 1.96. The maximum Gasteiger partial charge on any atom is 0.203 e. The standard InChI is InChI=1S/C15H20N2O3S/c1-5-6-11-17-12(15(16)21-11)9-7-8-10(18-2)14(20-4)13(9)19-3/h7-8H,5-6,16H2,1-4H3. The average molecular weight is 308 g/mol. The van der Waals surface area contributed by atoms with Crippen molar-refractivity contribution in [3.63, 3.8) is 0 Å². The highest BCUT2D eigenvalue weighted by atomic mass is 32.1. The minimum atomic E-state index is 0.543. The van der Waals surface area contributed by atoms with Gasteiger partial charge in [0.05, 0.1) is 26.3 Å². The Morgan fingerprint density at radius 1 is 1.10 bits per heavy atom. The van der Waals surface area contributed by atoms with Gasteiger partial charge in [-0.3, -0.25) is 0 Å². The van der Waals surface area contributed by atoms with E-state index in [1.807, 2.05) is 12.1 Å². The van der Waals surface area contributed by atoms with Gasteiger partial charge in [-0.05, 0) is 25.0 Å². The first-order valence-electron chi connectivity index (χ1n) is 6.70. The Morgan fingerprint density at radius 2 is 1.81 bits per heavy atom. The molecule has 0 atom stereocenters. The molecule has 6 heteroatoms. The molecule has 0 spiro atoms. The number of nitrogen functional groups attached to an aromatic ring is 1. The van der Waals surface area contributed by atoms with E-state index in [0.717, 1.165) is 29.1 Å². The molecule has 1 heterocycles. The summed E-state index contributed by atoms with van der Waals surface area (Å²) in [4.78, 5) is 4.63. The number of rotatable bonds is 6. The van der Waals surface area contributed by atoms with Crippen LogP contribution in [0.2, 0.25) is 0 Å². The fraction of sp³-hybridized carbons (Fsp3) is 0.400. The highest BCUT2D eigenvalue weighted by Gasteiger charge is 2.21. The second kappa shape index (κ2) is 6.67. The van der Waals surface area contributed by atoms with E-state index in [1.54, 1.807) is 21.3 Å². The van der Waals surface area contributed by atoms with E-state index >= 15 is 0 Å². The van der Waals surface area contributed by atoms with E-state index < -0.39 is 0 Å². The smallest absolute Gasteiger partial charge is 0.203 e. The molecular weight excluding hydrogens is 288 g/mol. The van der Waals surface area contributed by atoms with Crippen LogP contribution in [0.15, 0.2) is 12.1 Å². The van der Waals surface area contributed by atoms with Crippen LogP contribution >= 0.6 is 11.3 Å². The predicted octanol–water partition coefficient (Wildman–Crippen LogP) is 3.37. The predicted molar refractivity (Wildman–Crippen MR) is 85.6 cm³/mol. The maximum atomic E-state index is 6.12. The van der Waals surface area contributed by atoms with E-state index in [4.69, 9.17) is 19.9 Å². The minimum Gasteiger partial charge on any atom is -0.493 e. The Balaban J connectivity index is 2.58. The number of aromatic nitrogens is 1. The quantitative estimate of drug-likeness (QED) is 0.886. The number of anilines is 1. The van der Waals surface area contributed by atoms with Gasteiger partial charge in [-0.25, -0.2) is 4.98 Å². The van der Waals surface area contributed by atoms with Gasteiger partial charge in [0.2, 0.25) is 5.75 Å². The maximum absolute atomic E-state index is 6.12. The summed E-state index contributed by atoms with van der Waals surface area (Å²) < 4.78 is 16.2. The average Bonchev–Trinajstić information content (AvgIpc) is 2.86. The van der Waals surface area contributed by atoms with Gasteiger partial charge in [0.15, 0.2) is 11.5 Å². The van der Waals surface area contributed by atoms with Crippen LogP contribution in [-0.4, -0.2) is 26.3 Å². The number of aryl methyl sites for hydroxylation is 1. The molecule has 0 amide bonds. The van der Waals surface area contributed by atoms with Crippen molar-refractivity contribution in [1.82, 2.24) is 4.98 Å². The van der Waals surface area contributed by atoms with Crippen molar-refractivity contribution in [3.8, 4) is 28.5 Å². The molecule has 1 aromatic heterocycles. The largest absolute Gasteiger partial charge is 0.493 e. The van der Waals surface area contributed by atoms with E-state index in [9.17, 15) is 0 Å². The van der Waals surface area contributed by atoms with Crippen molar-refractivity contribution in [3.05, 3.63) is 17.1 Å². The molecule has 0 bridgehead atoms. The molecule has 2 rings (SSSR count). The van der Waals surface area contributed by atoms with Crippen LogP contribution in [-0.2, 0) is 6.42 Å². The minimum absolute atomic E-state index is 0.543. The zero-order chi connectivity index (χ0) is 15.4. The number of thiazole rings is 1. The molecule has 5 nitrogen and oxygen atoms in total. The SMILES string of the molecule is CCCc1nc(-c2ccc(OC)c(OC)c2OC)c(N)s1. The van der Waals surface area contributed by atoms with Gasteiger partial charge >= 0.3 is 0 Å².